The van der Waals surface area contributed by atoms with Gasteiger partial charge < -0.3 is 19.9 Å². The van der Waals surface area contributed by atoms with Crippen LogP contribution in [0.25, 0.3) is 0 Å². The van der Waals surface area contributed by atoms with E-state index in [0.717, 1.165) is 10.5 Å². The summed E-state index contributed by atoms with van der Waals surface area (Å²) in [4.78, 5) is 36.7. The van der Waals surface area contributed by atoms with Crippen LogP contribution in [0.5, 0.6) is 0 Å². The maximum atomic E-state index is 12.3. The Morgan fingerprint density at radius 2 is 1.88 bits per heavy atom. The van der Waals surface area contributed by atoms with Crippen molar-refractivity contribution in [1.82, 2.24) is 10.2 Å². The third kappa shape index (κ3) is 5.65. The summed E-state index contributed by atoms with van der Waals surface area (Å²) in [6.45, 7) is 5.29. The van der Waals surface area contributed by atoms with Crippen LogP contribution in [0.4, 0.5) is 9.59 Å². The number of carboxylic acid groups (broad SMARTS) is 1. The van der Waals surface area contributed by atoms with E-state index in [1.165, 1.54) is 0 Å². The molecule has 8 nitrogen and oxygen atoms in total. The molecule has 0 spiro atoms. The summed E-state index contributed by atoms with van der Waals surface area (Å²) >= 11 is 0. The van der Waals surface area contributed by atoms with E-state index in [-0.39, 0.29) is 19.6 Å². The molecule has 2 atom stereocenters. The van der Waals surface area contributed by atoms with Crippen molar-refractivity contribution < 1.29 is 29.0 Å². The number of carboxylic acids is 1. The van der Waals surface area contributed by atoms with Gasteiger partial charge in [-0.2, -0.15) is 0 Å². The van der Waals surface area contributed by atoms with E-state index in [4.69, 9.17) is 9.47 Å². The molecule has 1 saturated heterocycles. The second kappa shape index (κ2) is 8.07. The maximum absolute atomic E-state index is 12.3. The fourth-order valence-electron chi connectivity index (χ4n) is 2.65. The Bertz CT molecular complexity index is 655. The molecule has 0 bridgehead atoms. The van der Waals surface area contributed by atoms with E-state index in [1.807, 2.05) is 18.2 Å². The lowest BCUT2D eigenvalue weighted by Gasteiger charge is -2.22. The van der Waals surface area contributed by atoms with Crippen molar-refractivity contribution in [3.8, 4) is 0 Å². The predicted octanol–water partition coefficient (Wildman–Crippen LogP) is 2.38. The smallest absolute Gasteiger partial charge is 0.410 e. The molecular formula is C18H24N2O6. The minimum atomic E-state index is -1.14. The standard InChI is InChI=1S/C18H24N2O6/c1-18(2,3)26-16(23)19-13-9-14(15(21)22)20(10-13)17(24)25-11-12-7-5-4-6-8-12/h4-8,13-14H,9-11H2,1-3H3,(H,19,23)(H,21,22)/t13-,14+/m1/s1. The first-order valence-corrected chi connectivity index (χ1v) is 8.35. The van der Waals surface area contributed by atoms with Crippen LogP contribution in [0, 0.1) is 0 Å². The minimum Gasteiger partial charge on any atom is -0.480 e. The number of rotatable bonds is 4. The lowest BCUT2D eigenvalue weighted by molar-refractivity contribution is -0.141. The summed E-state index contributed by atoms with van der Waals surface area (Å²) in [6, 6.07) is 7.52. The molecule has 142 valence electrons. The van der Waals surface area contributed by atoms with Gasteiger partial charge in [-0.25, -0.2) is 14.4 Å². The maximum Gasteiger partial charge on any atom is 0.410 e. The van der Waals surface area contributed by atoms with Gasteiger partial charge >= 0.3 is 18.2 Å². The molecule has 26 heavy (non-hydrogen) atoms. The van der Waals surface area contributed by atoms with Gasteiger partial charge in [0.25, 0.3) is 0 Å². The zero-order valence-corrected chi connectivity index (χ0v) is 15.1. The number of benzene rings is 1. The topological polar surface area (TPSA) is 105 Å². The Balaban J connectivity index is 1.94. The molecule has 1 heterocycles. The van der Waals surface area contributed by atoms with Crippen molar-refractivity contribution in [2.24, 2.45) is 0 Å². The highest BCUT2D eigenvalue weighted by molar-refractivity contribution is 5.81. The van der Waals surface area contributed by atoms with Gasteiger partial charge in [-0.1, -0.05) is 30.3 Å². The third-order valence-corrected chi connectivity index (χ3v) is 3.75. The molecule has 0 aromatic heterocycles. The number of hydrogen-bond acceptors (Lipinski definition) is 5. The lowest BCUT2D eigenvalue weighted by atomic mass is 10.2. The highest BCUT2D eigenvalue weighted by Gasteiger charge is 2.41. The predicted molar refractivity (Wildman–Crippen MR) is 92.5 cm³/mol. The molecule has 1 aromatic rings. The number of alkyl carbamates (subject to hydrolysis) is 1. The fraction of sp³-hybridized carbons (Fsp3) is 0.500. The van der Waals surface area contributed by atoms with Crippen LogP contribution in [-0.4, -0.2) is 52.4 Å². The van der Waals surface area contributed by atoms with E-state index in [0.29, 0.717) is 0 Å². The second-order valence-electron chi connectivity index (χ2n) is 7.13. The van der Waals surface area contributed by atoms with Crippen LogP contribution in [0.1, 0.15) is 32.8 Å². The molecule has 0 radical (unpaired) electrons. The van der Waals surface area contributed by atoms with Gasteiger partial charge in [0.15, 0.2) is 0 Å². The van der Waals surface area contributed by atoms with Crippen LogP contribution in [0.3, 0.4) is 0 Å². The van der Waals surface area contributed by atoms with Crippen molar-refractivity contribution in [3.05, 3.63) is 35.9 Å². The van der Waals surface area contributed by atoms with Gasteiger partial charge in [0.2, 0.25) is 0 Å². The van der Waals surface area contributed by atoms with Crippen LogP contribution >= 0.6 is 0 Å². The molecule has 0 unspecified atom stereocenters. The van der Waals surface area contributed by atoms with Gasteiger partial charge in [0.1, 0.15) is 18.2 Å². The van der Waals surface area contributed by atoms with Gasteiger partial charge in [-0.05, 0) is 26.3 Å². The van der Waals surface area contributed by atoms with E-state index in [1.54, 1.807) is 32.9 Å². The van der Waals surface area contributed by atoms with Crippen molar-refractivity contribution in [2.75, 3.05) is 6.54 Å². The fourth-order valence-corrected chi connectivity index (χ4v) is 2.65. The van der Waals surface area contributed by atoms with E-state index in [2.05, 4.69) is 5.32 Å². The number of amides is 2. The number of nitrogens with one attached hydrogen (secondary N) is 1. The molecule has 2 rings (SSSR count). The highest BCUT2D eigenvalue weighted by atomic mass is 16.6. The molecule has 0 saturated carbocycles. The monoisotopic (exact) mass is 364 g/mol. The van der Waals surface area contributed by atoms with E-state index < -0.39 is 35.8 Å². The zero-order chi connectivity index (χ0) is 19.3. The summed E-state index contributed by atoms with van der Waals surface area (Å²) < 4.78 is 10.4. The Morgan fingerprint density at radius 1 is 1.23 bits per heavy atom. The number of hydrogen-bond donors (Lipinski definition) is 2. The molecule has 2 amide bonds. The molecule has 1 fully saturated rings. The van der Waals surface area contributed by atoms with Crippen LogP contribution in [0.2, 0.25) is 0 Å². The first kappa shape index (κ1) is 19.6. The first-order chi connectivity index (χ1) is 12.2. The number of carbonyl (C=O) groups is 3. The normalized spacial score (nSPS) is 19.7. The summed E-state index contributed by atoms with van der Waals surface area (Å²) in [5, 5.41) is 12.0. The van der Waals surface area contributed by atoms with Crippen molar-refractivity contribution in [1.29, 1.82) is 0 Å². The Hall–Kier alpha value is -2.77. The van der Waals surface area contributed by atoms with Gasteiger partial charge in [-0.15, -0.1) is 0 Å². The van der Waals surface area contributed by atoms with Crippen molar-refractivity contribution >= 4 is 18.2 Å². The summed E-state index contributed by atoms with van der Waals surface area (Å²) in [5.41, 5.74) is 0.138. The highest BCUT2D eigenvalue weighted by Crippen LogP contribution is 2.20. The van der Waals surface area contributed by atoms with Gasteiger partial charge in [0.05, 0.1) is 6.04 Å². The number of ether oxygens (including phenoxy) is 2. The number of likely N-dealkylation sites (tertiary alicyclic amines) is 1. The molecule has 2 N–H and O–H groups in total. The van der Waals surface area contributed by atoms with E-state index in [9.17, 15) is 19.5 Å². The van der Waals surface area contributed by atoms with Crippen LogP contribution in [0.15, 0.2) is 30.3 Å². The molecule has 1 aliphatic rings. The molecule has 1 aromatic carbocycles. The Morgan fingerprint density at radius 3 is 2.46 bits per heavy atom. The number of aliphatic carboxylic acids is 1. The van der Waals surface area contributed by atoms with Crippen molar-refractivity contribution in [2.45, 2.75) is 51.5 Å². The number of nitrogens with zero attached hydrogens (tertiary/aromatic N) is 1. The average Bonchev–Trinajstić information content (AvgIpc) is 2.95. The summed E-state index contributed by atoms with van der Waals surface area (Å²) in [6.07, 6.45) is -1.28. The van der Waals surface area contributed by atoms with Crippen LogP contribution < -0.4 is 5.32 Å². The Labute approximate surface area is 152 Å². The summed E-state index contributed by atoms with van der Waals surface area (Å²) in [7, 11) is 0. The number of carbonyl (C=O) groups excluding carboxylic acids is 2. The summed E-state index contributed by atoms with van der Waals surface area (Å²) in [5.74, 6) is -1.14. The molecular weight excluding hydrogens is 340 g/mol. The van der Waals surface area contributed by atoms with Crippen LogP contribution in [-0.2, 0) is 20.9 Å². The zero-order valence-electron chi connectivity index (χ0n) is 15.1. The van der Waals surface area contributed by atoms with Gasteiger partial charge in [0, 0.05) is 13.0 Å². The second-order valence-corrected chi connectivity index (χ2v) is 7.13. The molecule has 8 heteroatoms. The van der Waals surface area contributed by atoms with Gasteiger partial charge in [-0.3, -0.25) is 4.90 Å². The lowest BCUT2D eigenvalue weighted by Crippen LogP contribution is -2.42. The molecule has 1 aliphatic heterocycles. The minimum absolute atomic E-state index is 0.0455. The SMILES string of the molecule is CC(C)(C)OC(=O)N[C@@H]1C[C@@H](C(=O)O)N(C(=O)OCc2ccccc2)C1. The largest absolute Gasteiger partial charge is 0.480 e. The quantitative estimate of drug-likeness (QED) is 0.850. The van der Waals surface area contributed by atoms with E-state index >= 15 is 0 Å². The van der Waals surface area contributed by atoms with Crippen molar-refractivity contribution in [3.63, 3.8) is 0 Å². The Kier molecular flexibility index (Phi) is 6.07. The third-order valence-electron chi connectivity index (χ3n) is 3.75. The average molecular weight is 364 g/mol. The molecule has 0 aliphatic carbocycles. The first-order valence-electron chi connectivity index (χ1n) is 8.35.